The van der Waals surface area contributed by atoms with Gasteiger partial charge in [-0.2, -0.15) is 5.10 Å². The van der Waals surface area contributed by atoms with Crippen molar-refractivity contribution in [2.45, 2.75) is 25.8 Å². The Labute approximate surface area is 88.6 Å². The molecule has 0 aromatic carbocycles. The molecular formula is C10H16N4O. The van der Waals surface area contributed by atoms with Gasteiger partial charge in [0.25, 0.3) is 5.91 Å². The van der Waals surface area contributed by atoms with E-state index in [1.807, 2.05) is 6.92 Å². The first-order valence-corrected chi connectivity index (χ1v) is 5.18. The number of hydrogen-bond donors (Lipinski definition) is 2. The standard InChI is InChI=1S/C10H16N4O/c1-6(7-3-4-7)13-10(15)8-5-12-14(2)9(8)11/h5-7H,3-4,11H2,1-2H3,(H,13,15). The molecular weight excluding hydrogens is 192 g/mol. The molecule has 1 aliphatic rings. The van der Waals surface area contributed by atoms with Crippen LogP contribution < -0.4 is 11.1 Å². The Morgan fingerprint density at radius 1 is 1.73 bits per heavy atom. The van der Waals surface area contributed by atoms with Crippen molar-refractivity contribution in [3.63, 3.8) is 0 Å². The van der Waals surface area contributed by atoms with Crippen molar-refractivity contribution in [2.24, 2.45) is 13.0 Å². The summed E-state index contributed by atoms with van der Waals surface area (Å²) in [5.74, 6) is 0.933. The maximum absolute atomic E-state index is 11.8. The average Bonchev–Trinajstić information content (AvgIpc) is 2.96. The molecule has 3 N–H and O–H groups in total. The van der Waals surface area contributed by atoms with Gasteiger partial charge in [0, 0.05) is 13.1 Å². The lowest BCUT2D eigenvalue weighted by molar-refractivity contribution is 0.0936. The first-order valence-electron chi connectivity index (χ1n) is 5.18. The smallest absolute Gasteiger partial charge is 0.256 e. The summed E-state index contributed by atoms with van der Waals surface area (Å²) in [7, 11) is 1.72. The zero-order valence-corrected chi connectivity index (χ0v) is 9.03. The molecule has 1 aromatic rings. The number of aromatic nitrogens is 2. The van der Waals surface area contributed by atoms with E-state index in [0.717, 1.165) is 0 Å². The second-order valence-electron chi connectivity index (χ2n) is 4.17. The number of carbonyl (C=O) groups excluding carboxylic acids is 1. The Morgan fingerprint density at radius 2 is 2.40 bits per heavy atom. The maximum atomic E-state index is 11.8. The lowest BCUT2D eigenvalue weighted by Crippen LogP contribution is -2.34. The molecule has 0 saturated heterocycles. The molecule has 1 saturated carbocycles. The van der Waals surface area contributed by atoms with E-state index in [9.17, 15) is 4.79 Å². The van der Waals surface area contributed by atoms with Crippen LogP contribution in [0.15, 0.2) is 6.20 Å². The van der Waals surface area contributed by atoms with Gasteiger partial charge < -0.3 is 11.1 Å². The van der Waals surface area contributed by atoms with Gasteiger partial charge in [0.2, 0.25) is 0 Å². The number of amides is 1. The average molecular weight is 208 g/mol. The lowest BCUT2D eigenvalue weighted by atomic mass is 10.2. The van der Waals surface area contributed by atoms with Crippen molar-refractivity contribution in [1.82, 2.24) is 15.1 Å². The van der Waals surface area contributed by atoms with Crippen LogP contribution in [-0.4, -0.2) is 21.7 Å². The van der Waals surface area contributed by atoms with E-state index in [2.05, 4.69) is 10.4 Å². The molecule has 15 heavy (non-hydrogen) atoms. The minimum absolute atomic E-state index is 0.125. The third-order valence-electron chi connectivity index (χ3n) is 2.92. The van der Waals surface area contributed by atoms with Gasteiger partial charge in [0.15, 0.2) is 0 Å². The van der Waals surface area contributed by atoms with Gasteiger partial charge in [0.1, 0.15) is 11.4 Å². The van der Waals surface area contributed by atoms with Crippen molar-refractivity contribution in [2.75, 3.05) is 5.73 Å². The molecule has 0 radical (unpaired) electrons. The maximum Gasteiger partial charge on any atom is 0.256 e. The number of carbonyl (C=O) groups is 1. The number of aryl methyl sites for hydroxylation is 1. The quantitative estimate of drug-likeness (QED) is 0.761. The molecule has 82 valence electrons. The summed E-state index contributed by atoms with van der Waals surface area (Å²) < 4.78 is 1.50. The van der Waals surface area contributed by atoms with Crippen LogP contribution >= 0.6 is 0 Å². The van der Waals surface area contributed by atoms with E-state index in [4.69, 9.17) is 5.73 Å². The number of nitrogens with zero attached hydrogens (tertiary/aromatic N) is 2. The molecule has 1 fully saturated rings. The summed E-state index contributed by atoms with van der Waals surface area (Å²) >= 11 is 0. The van der Waals surface area contributed by atoms with Crippen LogP contribution in [0.1, 0.15) is 30.1 Å². The SMILES string of the molecule is CC(NC(=O)c1cnn(C)c1N)C1CC1. The highest BCUT2D eigenvalue weighted by atomic mass is 16.1. The number of nitrogens with two attached hydrogens (primary N) is 1. The van der Waals surface area contributed by atoms with Crippen molar-refractivity contribution in [3.8, 4) is 0 Å². The van der Waals surface area contributed by atoms with Gasteiger partial charge >= 0.3 is 0 Å². The van der Waals surface area contributed by atoms with Gasteiger partial charge in [-0.25, -0.2) is 0 Å². The van der Waals surface area contributed by atoms with E-state index in [1.165, 1.54) is 23.7 Å². The summed E-state index contributed by atoms with van der Waals surface area (Å²) in [4.78, 5) is 11.8. The number of hydrogen-bond acceptors (Lipinski definition) is 3. The molecule has 1 aromatic heterocycles. The largest absolute Gasteiger partial charge is 0.383 e. The summed E-state index contributed by atoms with van der Waals surface area (Å²) in [5.41, 5.74) is 6.17. The summed E-state index contributed by atoms with van der Waals surface area (Å²) in [5, 5.41) is 6.88. The second kappa shape index (κ2) is 3.56. The fraction of sp³-hybridized carbons (Fsp3) is 0.600. The van der Waals surface area contributed by atoms with Crippen molar-refractivity contribution >= 4 is 11.7 Å². The summed E-state index contributed by atoms with van der Waals surface area (Å²) in [6.45, 7) is 2.03. The van der Waals surface area contributed by atoms with Crippen LogP contribution in [0.3, 0.4) is 0 Å². The molecule has 5 nitrogen and oxygen atoms in total. The molecule has 2 rings (SSSR count). The highest BCUT2D eigenvalue weighted by Crippen LogP contribution is 2.32. The van der Waals surface area contributed by atoms with Crippen LogP contribution in [0.5, 0.6) is 0 Å². The van der Waals surface area contributed by atoms with Gasteiger partial charge in [-0.15, -0.1) is 0 Å². The van der Waals surface area contributed by atoms with Crippen LogP contribution in [0.25, 0.3) is 0 Å². The van der Waals surface area contributed by atoms with E-state index in [0.29, 0.717) is 17.3 Å². The van der Waals surface area contributed by atoms with E-state index >= 15 is 0 Å². The molecule has 5 heteroatoms. The zero-order chi connectivity index (χ0) is 11.0. The molecule has 1 heterocycles. The van der Waals surface area contributed by atoms with Crippen LogP contribution in [0.2, 0.25) is 0 Å². The Kier molecular flexibility index (Phi) is 2.38. The van der Waals surface area contributed by atoms with Gasteiger partial charge in [-0.1, -0.05) is 0 Å². The Hall–Kier alpha value is -1.52. The predicted molar refractivity (Wildman–Crippen MR) is 57.3 cm³/mol. The third kappa shape index (κ3) is 1.95. The third-order valence-corrected chi connectivity index (χ3v) is 2.92. The van der Waals surface area contributed by atoms with Crippen LogP contribution in [-0.2, 0) is 7.05 Å². The normalized spacial score (nSPS) is 17.5. The monoisotopic (exact) mass is 208 g/mol. The van der Waals surface area contributed by atoms with Gasteiger partial charge in [0.05, 0.1) is 6.20 Å². The number of rotatable bonds is 3. The van der Waals surface area contributed by atoms with E-state index in [-0.39, 0.29) is 11.9 Å². The fourth-order valence-corrected chi connectivity index (χ4v) is 1.62. The first-order chi connectivity index (χ1) is 7.09. The highest BCUT2D eigenvalue weighted by Gasteiger charge is 2.29. The Bertz CT molecular complexity index is 381. The number of anilines is 1. The van der Waals surface area contributed by atoms with Gasteiger partial charge in [-0.3, -0.25) is 9.48 Å². The minimum atomic E-state index is -0.125. The van der Waals surface area contributed by atoms with Crippen LogP contribution in [0, 0.1) is 5.92 Å². The van der Waals surface area contributed by atoms with Crippen molar-refractivity contribution < 1.29 is 4.79 Å². The molecule has 1 amide bonds. The molecule has 1 unspecified atom stereocenters. The van der Waals surface area contributed by atoms with E-state index < -0.39 is 0 Å². The highest BCUT2D eigenvalue weighted by molar-refractivity contribution is 5.98. The number of nitrogens with one attached hydrogen (secondary N) is 1. The second-order valence-corrected chi connectivity index (χ2v) is 4.17. The van der Waals surface area contributed by atoms with Crippen LogP contribution in [0.4, 0.5) is 5.82 Å². The zero-order valence-electron chi connectivity index (χ0n) is 9.03. The molecule has 1 atom stereocenters. The topological polar surface area (TPSA) is 72.9 Å². The van der Waals surface area contributed by atoms with E-state index in [1.54, 1.807) is 7.05 Å². The van der Waals surface area contributed by atoms with Crippen molar-refractivity contribution in [1.29, 1.82) is 0 Å². The summed E-state index contributed by atoms with van der Waals surface area (Å²) in [6, 6.07) is 0.233. The molecule has 1 aliphatic carbocycles. The first kappa shape index (κ1) is 10.0. The molecule has 0 spiro atoms. The van der Waals surface area contributed by atoms with Crippen molar-refractivity contribution in [3.05, 3.63) is 11.8 Å². The molecule has 0 bridgehead atoms. The Morgan fingerprint density at radius 3 is 2.87 bits per heavy atom. The lowest BCUT2D eigenvalue weighted by Gasteiger charge is -2.11. The Balaban J connectivity index is 2.03. The van der Waals surface area contributed by atoms with Gasteiger partial charge in [-0.05, 0) is 25.7 Å². The summed E-state index contributed by atoms with van der Waals surface area (Å²) in [6.07, 6.45) is 3.93. The number of nitrogen functional groups attached to an aromatic ring is 1. The predicted octanol–water partition coefficient (Wildman–Crippen LogP) is 0.531. The minimum Gasteiger partial charge on any atom is -0.383 e. The molecule has 0 aliphatic heterocycles. The fourth-order valence-electron chi connectivity index (χ4n) is 1.62.